The highest BCUT2D eigenvalue weighted by Crippen LogP contribution is 2.27. The molecule has 0 radical (unpaired) electrons. The van der Waals surface area contributed by atoms with E-state index in [1.54, 1.807) is 38.3 Å². The summed E-state index contributed by atoms with van der Waals surface area (Å²) in [6.45, 7) is 5.06. The fraction of sp³-hybridized carbons (Fsp3) is 0.421. The summed E-state index contributed by atoms with van der Waals surface area (Å²) in [7, 11) is -2.15. The fourth-order valence-electron chi connectivity index (χ4n) is 3.07. The molecule has 0 amide bonds. The molecule has 2 aromatic rings. The third-order valence-electron chi connectivity index (χ3n) is 4.53. The molecule has 1 aromatic heterocycles. The maximum atomic E-state index is 12.7. The second-order valence-corrected chi connectivity index (χ2v) is 8.29. The Labute approximate surface area is 160 Å². The third kappa shape index (κ3) is 4.70. The first kappa shape index (κ1) is 19.4. The van der Waals surface area contributed by atoms with Crippen molar-refractivity contribution >= 4 is 21.5 Å². The van der Waals surface area contributed by atoms with Crippen LogP contribution in [0.5, 0.6) is 5.75 Å². The molecule has 0 aliphatic carbocycles. The van der Waals surface area contributed by atoms with Crippen LogP contribution in [0.25, 0.3) is 0 Å². The minimum Gasteiger partial charge on any atom is -0.496 e. The van der Waals surface area contributed by atoms with E-state index >= 15 is 0 Å². The molecular formula is C19H25N3O4S. The summed E-state index contributed by atoms with van der Waals surface area (Å²) < 4.78 is 38.9. The molecule has 0 bridgehead atoms. The van der Waals surface area contributed by atoms with E-state index in [-0.39, 0.29) is 11.0 Å². The van der Waals surface area contributed by atoms with Crippen LogP contribution in [-0.2, 0) is 14.8 Å². The minimum absolute atomic E-state index is 0.214. The largest absolute Gasteiger partial charge is 0.496 e. The number of hydrogen-bond donors (Lipinski definition) is 2. The molecule has 1 atom stereocenters. The van der Waals surface area contributed by atoms with Crippen LogP contribution in [0.2, 0.25) is 0 Å². The highest BCUT2D eigenvalue weighted by Gasteiger charge is 2.19. The lowest BCUT2D eigenvalue weighted by Gasteiger charge is -2.14. The van der Waals surface area contributed by atoms with Crippen molar-refractivity contribution in [1.82, 2.24) is 4.98 Å². The minimum atomic E-state index is -3.72. The molecule has 2 N–H and O–H groups in total. The fourth-order valence-corrected chi connectivity index (χ4v) is 4.42. The first-order valence-corrected chi connectivity index (χ1v) is 10.4. The quantitative estimate of drug-likeness (QED) is 0.754. The highest BCUT2D eigenvalue weighted by molar-refractivity contribution is 7.92. The standard InChI is InChI=1S/C19H25N3O4S/c1-13-10-18(14(2)9-17(13)25-3)27(23,24)22-15-6-7-19(20-11-15)21-12-16-5-4-8-26-16/h6-7,9-11,16,22H,4-5,8,12H2,1-3H3,(H,20,21). The zero-order valence-electron chi connectivity index (χ0n) is 15.8. The molecule has 1 unspecified atom stereocenters. The molecule has 1 aliphatic rings. The van der Waals surface area contributed by atoms with Gasteiger partial charge in [-0.05, 0) is 62.1 Å². The van der Waals surface area contributed by atoms with Crippen molar-refractivity contribution in [3.05, 3.63) is 41.6 Å². The van der Waals surface area contributed by atoms with E-state index in [1.165, 1.54) is 6.20 Å². The number of methoxy groups -OCH3 is 1. The number of rotatable bonds is 7. The summed E-state index contributed by atoms with van der Waals surface area (Å²) in [5.41, 5.74) is 1.79. The van der Waals surface area contributed by atoms with E-state index in [4.69, 9.17) is 9.47 Å². The predicted molar refractivity (Wildman–Crippen MR) is 105 cm³/mol. The van der Waals surface area contributed by atoms with Crippen molar-refractivity contribution < 1.29 is 17.9 Å². The Bertz CT molecular complexity index is 892. The van der Waals surface area contributed by atoms with Crippen LogP contribution >= 0.6 is 0 Å². The lowest BCUT2D eigenvalue weighted by atomic mass is 10.1. The molecule has 8 heteroatoms. The van der Waals surface area contributed by atoms with Gasteiger partial charge in [0.25, 0.3) is 10.0 Å². The topological polar surface area (TPSA) is 89.6 Å². The van der Waals surface area contributed by atoms with Crippen molar-refractivity contribution in [3.63, 3.8) is 0 Å². The number of nitrogens with one attached hydrogen (secondary N) is 2. The Balaban J connectivity index is 1.69. The van der Waals surface area contributed by atoms with Crippen molar-refractivity contribution in [3.8, 4) is 5.75 Å². The first-order chi connectivity index (χ1) is 12.9. The van der Waals surface area contributed by atoms with Crippen LogP contribution in [0.1, 0.15) is 24.0 Å². The Morgan fingerprint density at radius 3 is 2.70 bits per heavy atom. The second-order valence-electron chi connectivity index (χ2n) is 6.64. The summed E-state index contributed by atoms with van der Waals surface area (Å²) in [5.74, 6) is 1.35. The third-order valence-corrected chi connectivity index (χ3v) is 6.06. The average molecular weight is 391 g/mol. The highest BCUT2D eigenvalue weighted by atomic mass is 32.2. The van der Waals surface area contributed by atoms with Gasteiger partial charge in [0.05, 0.1) is 30.0 Å². The molecule has 1 fully saturated rings. The van der Waals surface area contributed by atoms with Gasteiger partial charge < -0.3 is 14.8 Å². The van der Waals surface area contributed by atoms with Gasteiger partial charge in [0.15, 0.2) is 0 Å². The van der Waals surface area contributed by atoms with E-state index in [0.29, 0.717) is 29.4 Å². The molecule has 0 saturated carbocycles. The number of anilines is 2. The van der Waals surface area contributed by atoms with E-state index in [2.05, 4.69) is 15.0 Å². The zero-order valence-corrected chi connectivity index (χ0v) is 16.6. The predicted octanol–water partition coefficient (Wildman–Crippen LogP) is 3.10. The van der Waals surface area contributed by atoms with Gasteiger partial charge in [-0.1, -0.05) is 0 Å². The second kappa shape index (κ2) is 8.14. The van der Waals surface area contributed by atoms with Crippen LogP contribution in [-0.4, -0.2) is 39.8 Å². The number of nitrogens with zero attached hydrogens (tertiary/aromatic N) is 1. The lowest BCUT2D eigenvalue weighted by molar-refractivity contribution is 0.120. The summed E-state index contributed by atoms with van der Waals surface area (Å²) in [6.07, 6.45) is 3.85. The SMILES string of the molecule is COc1cc(C)c(S(=O)(=O)Nc2ccc(NCC3CCCO3)nc2)cc1C. The lowest BCUT2D eigenvalue weighted by Crippen LogP contribution is -2.19. The van der Waals surface area contributed by atoms with Gasteiger partial charge in [-0.25, -0.2) is 13.4 Å². The Kier molecular flexibility index (Phi) is 5.86. The molecule has 2 heterocycles. The molecule has 146 valence electrons. The summed E-state index contributed by atoms with van der Waals surface area (Å²) in [5, 5.41) is 3.21. The van der Waals surface area contributed by atoms with Crippen molar-refractivity contribution in [2.24, 2.45) is 0 Å². The molecule has 27 heavy (non-hydrogen) atoms. The smallest absolute Gasteiger partial charge is 0.262 e. The van der Waals surface area contributed by atoms with Crippen LogP contribution < -0.4 is 14.8 Å². The molecule has 1 aromatic carbocycles. The number of benzene rings is 1. The van der Waals surface area contributed by atoms with E-state index in [9.17, 15) is 8.42 Å². The van der Waals surface area contributed by atoms with Crippen LogP contribution in [0.3, 0.4) is 0 Å². The van der Waals surface area contributed by atoms with E-state index in [1.807, 2.05) is 6.92 Å². The first-order valence-electron chi connectivity index (χ1n) is 8.88. The normalized spacial score (nSPS) is 16.9. The Morgan fingerprint density at radius 2 is 2.07 bits per heavy atom. The Morgan fingerprint density at radius 1 is 1.26 bits per heavy atom. The van der Waals surface area contributed by atoms with Crippen molar-refractivity contribution in [1.29, 1.82) is 0 Å². The number of aryl methyl sites for hydroxylation is 2. The summed E-state index contributed by atoms with van der Waals surface area (Å²) in [4.78, 5) is 4.49. The number of sulfonamides is 1. The monoisotopic (exact) mass is 391 g/mol. The Hall–Kier alpha value is -2.32. The van der Waals surface area contributed by atoms with E-state index < -0.39 is 10.0 Å². The van der Waals surface area contributed by atoms with Gasteiger partial charge >= 0.3 is 0 Å². The summed E-state index contributed by atoms with van der Waals surface area (Å²) in [6, 6.07) is 6.77. The zero-order chi connectivity index (χ0) is 19.4. The van der Waals surface area contributed by atoms with Crippen molar-refractivity contribution in [2.45, 2.75) is 37.7 Å². The molecule has 1 saturated heterocycles. The number of pyridine rings is 1. The van der Waals surface area contributed by atoms with Crippen LogP contribution in [0, 0.1) is 13.8 Å². The van der Waals surface area contributed by atoms with E-state index in [0.717, 1.165) is 25.0 Å². The van der Waals surface area contributed by atoms with Crippen molar-refractivity contribution in [2.75, 3.05) is 30.3 Å². The average Bonchev–Trinajstić information content (AvgIpc) is 3.16. The van der Waals surface area contributed by atoms with Crippen LogP contribution in [0.15, 0.2) is 35.4 Å². The van der Waals surface area contributed by atoms with Gasteiger partial charge in [-0.3, -0.25) is 4.72 Å². The van der Waals surface area contributed by atoms with Gasteiger partial charge in [-0.15, -0.1) is 0 Å². The number of hydrogen-bond acceptors (Lipinski definition) is 6. The molecular weight excluding hydrogens is 366 g/mol. The number of ether oxygens (including phenoxy) is 2. The molecule has 7 nitrogen and oxygen atoms in total. The summed E-state index contributed by atoms with van der Waals surface area (Å²) >= 11 is 0. The van der Waals surface area contributed by atoms with Crippen LogP contribution in [0.4, 0.5) is 11.5 Å². The van der Waals surface area contributed by atoms with Gasteiger partial charge in [0.2, 0.25) is 0 Å². The molecule has 3 rings (SSSR count). The van der Waals surface area contributed by atoms with Gasteiger partial charge in [0.1, 0.15) is 11.6 Å². The van der Waals surface area contributed by atoms with Gasteiger partial charge in [-0.2, -0.15) is 0 Å². The molecule has 1 aliphatic heterocycles. The van der Waals surface area contributed by atoms with Gasteiger partial charge in [0, 0.05) is 13.2 Å². The maximum Gasteiger partial charge on any atom is 0.262 e. The number of aromatic nitrogens is 1. The maximum absolute atomic E-state index is 12.7. The molecule has 0 spiro atoms.